The number of oxime groups is 1. The molecule has 0 aliphatic carbocycles. The van der Waals surface area contributed by atoms with E-state index in [1.807, 2.05) is 13.8 Å². The van der Waals surface area contributed by atoms with E-state index in [2.05, 4.69) is 15.3 Å². The molecule has 0 fully saturated rings. The lowest BCUT2D eigenvalue weighted by Gasteiger charge is -2.20. The Kier molecular flexibility index (Phi) is 6.94. The van der Waals surface area contributed by atoms with Crippen LogP contribution >= 0.6 is 0 Å². The summed E-state index contributed by atoms with van der Waals surface area (Å²) in [7, 11) is 1.47. The van der Waals surface area contributed by atoms with Crippen LogP contribution in [0, 0.1) is 0 Å². The van der Waals surface area contributed by atoms with Crippen LogP contribution in [0.5, 0.6) is 0 Å². The zero-order valence-corrected chi connectivity index (χ0v) is 12.6. The molecule has 0 unspecified atom stereocenters. The molecular formula is C15H21N3O3. The second-order valence-corrected chi connectivity index (χ2v) is 4.31. The van der Waals surface area contributed by atoms with Crippen LogP contribution in [-0.2, 0) is 9.63 Å². The number of nitrogens with one attached hydrogen (secondary N) is 1. The zero-order valence-electron chi connectivity index (χ0n) is 12.6. The summed E-state index contributed by atoms with van der Waals surface area (Å²) in [6.07, 6.45) is 1.56. The number of benzene rings is 1. The normalized spacial score (nSPS) is 10.4. The summed E-state index contributed by atoms with van der Waals surface area (Å²) in [5.41, 5.74) is 1.37. The first kappa shape index (κ1) is 16.7. The summed E-state index contributed by atoms with van der Waals surface area (Å²) >= 11 is 0. The Labute approximate surface area is 124 Å². The maximum absolute atomic E-state index is 12.3. The highest BCUT2D eigenvalue weighted by Gasteiger charge is 2.16. The third-order valence-electron chi connectivity index (χ3n) is 2.84. The minimum Gasteiger partial charge on any atom is -0.399 e. The van der Waals surface area contributed by atoms with Crippen molar-refractivity contribution in [3.8, 4) is 0 Å². The molecule has 0 spiro atoms. The molecule has 0 heterocycles. The van der Waals surface area contributed by atoms with Crippen molar-refractivity contribution >= 4 is 18.0 Å². The van der Waals surface area contributed by atoms with Gasteiger partial charge in [0.05, 0.1) is 12.8 Å². The van der Waals surface area contributed by atoms with E-state index < -0.39 is 0 Å². The number of rotatable bonds is 7. The minimum absolute atomic E-state index is 0.0655. The lowest BCUT2D eigenvalue weighted by Crippen LogP contribution is -2.40. The molecule has 6 heteroatoms. The van der Waals surface area contributed by atoms with Gasteiger partial charge < -0.3 is 15.1 Å². The van der Waals surface area contributed by atoms with Crippen LogP contribution in [0.25, 0.3) is 0 Å². The van der Waals surface area contributed by atoms with Crippen molar-refractivity contribution in [3.63, 3.8) is 0 Å². The molecule has 1 N–H and O–H groups in total. The van der Waals surface area contributed by atoms with Crippen molar-refractivity contribution in [2.45, 2.75) is 13.8 Å². The van der Waals surface area contributed by atoms with E-state index in [0.717, 1.165) is 5.56 Å². The van der Waals surface area contributed by atoms with Crippen molar-refractivity contribution in [2.75, 3.05) is 26.7 Å². The Balaban J connectivity index is 2.75. The van der Waals surface area contributed by atoms with Crippen molar-refractivity contribution in [1.29, 1.82) is 0 Å². The number of nitrogens with zero attached hydrogens (tertiary/aromatic N) is 2. The van der Waals surface area contributed by atoms with Gasteiger partial charge in [-0.15, -0.1) is 0 Å². The number of hydrogen-bond acceptors (Lipinski definition) is 4. The second-order valence-electron chi connectivity index (χ2n) is 4.31. The predicted molar refractivity (Wildman–Crippen MR) is 81.3 cm³/mol. The van der Waals surface area contributed by atoms with Crippen LogP contribution < -0.4 is 5.32 Å². The fraction of sp³-hybridized carbons (Fsp3) is 0.400. The van der Waals surface area contributed by atoms with Gasteiger partial charge in [0.25, 0.3) is 5.91 Å². The average Bonchev–Trinajstić information content (AvgIpc) is 2.50. The molecule has 0 bridgehead atoms. The van der Waals surface area contributed by atoms with E-state index in [1.165, 1.54) is 12.0 Å². The van der Waals surface area contributed by atoms with Gasteiger partial charge in [0.2, 0.25) is 5.91 Å². The van der Waals surface area contributed by atoms with Crippen molar-refractivity contribution in [2.24, 2.45) is 5.16 Å². The summed E-state index contributed by atoms with van der Waals surface area (Å²) < 4.78 is 0. The van der Waals surface area contributed by atoms with Crippen LogP contribution in [0.1, 0.15) is 29.8 Å². The van der Waals surface area contributed by atoms with Crippen LogP contribution in [0.3, 0.4) is 0 Å². The van der Waals surface area contributed by atoms with Gasteiger partial charge in [-0.3, -0.25) is 9.59 Å². The number of hydrogen-bond donors (Lipinski definition) is 1. The predicted octanol–water partition coefficient (Wildman–Crippen LogP) is 1.27. The Bertz CT molecular complexity index is 497. The Morgan fingerprint density at radius 1 is 1.29 bits per heavy atom. The summed E-state index contributed by atoms with van der Waals surface area (Å²) in [5.74, 6) is -0.324. The smallest absolute Gasteiger partial charge is 0.254 e. The number of carbonyl (C=O) groups excluding carboxylic acids is 2. The number of amides is 2. The first-order valence-electron chi connectivity index (χ1n) is 6.84. The second kappa shape index (κ2) is 8.73. The van der Waals surface area contributed by atoms with Gasteiger partial charge in [-0.2, -0.15) is 0 Å². The molecular weight excluding hydrogens is 270 g/mol. The first-order valence-corrected chi connectivity index (χ1v) is 6.84. The highest BCUT2D eigenvalue weighted by Crippen LogP contribution is 2.07. The standard InChI is InChI=1S/C15H21N3O3/c1-4-16-14(19)11-18(5-2)15(20)13-8-6-12(7-9-13)10-17-21-3/h6-10H,4-5,11H2,1-3H3,(H,16,19)/b17-10+. The Hall–Kier alpha value is -2.37. The molecule has 0 aliphatic heterocycles. The van der Waals surface area contributed by atoms with E-state index in [0.29, 0.717) is 18.7 Å². The molecule has 1 rings (SSSR count). The number of likely N-dealkylation sites (N-methyl/N-ethyl adjacent to an activating group) is 2. The highest BCUT2D eigenvalue weighted by molar-refractivity contribution is 5.97. The Morgan fingerprint density at radius 3 is 2.48 bits per heavy atom. The third kappa shape index (κ3) is 5.25. The highest BCUT2D eigenvalue weighted by atomic mass is 16.6. The molecule has 0 saturated carbocycles. The molecule has 21 heavy (non-hydrogen) atoms. The topological polar surface area (TPSA) is 71.0 Å². The van der Waals surface area contributed by atoms with E-state index in [9.17, 15) is 9.59 Å². The molecule has 1 aromatic carbocycles. The van der Waals surface area contributed by atoms with Crippen LogP contribution in [0.4, 0.5) is 0 Å². The molecule has 0 aliphatic rings. The van der Waals surface area contributed by atoms with Crippen molar-refractivity contribution in [1.82, 2.24) is 10.2 Å². The van der Waals surface area contributed by atoms with Gasteiger partial charge in [0.15, 0.2) is 0 Å². The molecule has 1 aromatic rings. The largest absolute Gasteiger partial charge is 0.399 e. The van der Waals surface area contributed by atoms with Gasteiger partial charge in [-0.25, -0.2) is 0 Å². The maximum atomic E-state index is 12.3. The summed E-state index contributed by atoms with van der Waals surface area (Å²) in [6.45, 7) is 4.78. The fourth-order valence-electron chi connectivity index (χ4n) is 1.76. The van der Waals surface area contributed by atoms with Gasteiger partial charge in [-0.05, 0) is 31.5 Å². The van der Waals surface area contributed by atoms with Crippen LogP contribution in [-0.4, -0.2) is 49.7 Å². The summed E-state index contributed by atoms with van der Waals surface area (Å²) in [4.78, 5) is 30.0. The fourth-order valence-corrected chi connectivity index (χ4v) is 1.76. The number of carbonyl (C=O) groups is 2. The summed E-state index contributed by atoms with van der Waals surface area (Å²) in [5, 5.41) is 6.34. The zero-order chi connectivity index (χ0) is 15.7. The first-order chi connectivity index (χ1) is 10.1. The molecule has 0 aromatic heterocycles. The minimum atomic E-state index is -0.168. The van der Waals surface area contributed by atoms with Gasteiger partial charge in [0.1, 0.15) is 7.11 Å². The van der Waals surface area contributed by atoms with E-state index in [-0.39, 0.29) is 18.4 Å². The van der Waals surface area contributed by atoms with Crippen LogP contribution in [0.2, 0.25) is 0 Å². The van der Waals surface area contributed by atoms with Crippen molar-refractivity contribution in [3.05, 3.63) is 35.4 Å². The SMILES string of the molecule is CCNC(=O)CN(CC)C(=O)c1ccc(/C=N/OC)cc1. The molecule has 0 saturated heterocycles. The molecule has 6 nitrogen and oxygen atoms in total. The van der Waals surface area contributed by atoms with E-state index in [4.69, 9.17) is 0 Å². The lowest BCUT2D eigenvalue weighted by atomic mass is 10.1. The van der Waals surface area contributed by atoms with E-state index >= 15 is 0 Å². The molecule has 0 atom stereocenters. The Morgan fingerprint density at radius 2 is 1.95 bits per heavy atom. The van der Waals surface area contributed by atoms with Crippen molar-refractivity contribution < 1.29 is 14.4 Å². The molecule has 2 amide bonds. The van der Waals surface area contributed by atoms with Gasteiger partial charge in [0, 0.05) is 18.7 Å². The van der Waals surface area contributed by atoms with Crippen LogP contribution in [0.15, 0.2) is 29.4 Å². The third-order valence-corrected chi connectivity index (χ3v) is 2.84. The molecule has 114 valence electrons. The maximum Gasteiger partial charge on any atom is 0.254 e. The monoisotopic (exact) mass is 291 g/mol. The van der Waals surface area contributed by atoms with E-state index in [1.54, 1.807) is 30.5 Å². The van der Waals surface area contributed by atoms with Gasteiger partial charge >= 0.3 is 0 Å². The molecule has 0 radical (unpaired) electrons. The lowest BCUT2D eigenvalue weighted by molar-refractivity contribution is -0.121. The summed E-state index contributed by atoms with van der Waals surface area (Å²) in [6, 6.07) is 6.96. The average molecular weight is 291 g/mol. The quantitative estimate of drug-likeness (QED) is 0.607. The van der Waals surface area contributed by atoms with Gasteiger partial charge in [-0.1, -0.05) is 17.3 Å².